The van der Waals surface area contributed by atoms with Gasteiger partial charge >= 0.3 is 17.9 Å². The van der Waals surface area contributed by atoms with Crippen molar-refractivity contribution in [1.82, 2.24) is 61.2 Å². The number of aromatic carboxylic acids is 1. The molecule has 1 aliphatic rings. The van der Waals surface area contributed by atoms with Gasteiger partial charge in [-0.3, -0.25) is 58.6 Å². The molecular formula is C108H100N12O19. The van der Waals surface area contributed by atoms with Crippen LogP contribution in [0.15, 0.2) is 205 Å². The number of hydrogen-bond donors (Lipinski definition) is 7. The van der Waals surface area contributed by atoms with Crippen molar-refractivity contribution in [2.45, 2.75) is 73.9 Å². The van der Waals surface area contributed by atoms with E-state index in [4.69, 9.17) is 37.6 Å². The van der Waals surface area contributed by atoms with Crippen LogP contribution >= 0.6 is 0 Å². The second-order valence-electron chi connectivity index (χ2n) is 31.6. The third-order valence-corrected chi connectivity index (χ3v) is 22.1. The lowest BCUT2D eigenvalue weighted by Gasteiger charge is -2.10. The largest absolute Gasteiger partial charge is 0.495 e. The molecule has 10 aromatic carbocycles. The number of aromatic nitrogens is 10. The maximum Gasteiger partial charge on any atom is 0.341 e. The number of ketones is 5. The molecule has 706 valence electrons. The van der Waals surface area contributed by atoms with Gasteiger partial charge in [0.05, 0.1) is 156 Å². The van der Waals surface area contributed by atoms with Crippen LogP contribution in [0, 0.1) is 0 Å². The second-order valence-corrected chi connectivity index (χ2v) is 31.6. The number of carboxylic acids is 1. The molecule has 6 aromatic heterocycles. The highest BCUT2D eigenvalue weighted by Gasteiger charge is 2.29. The van der Waals surface area contributed by atoms with E-state index in [1.807, 2.05) is 159 Å². The number of amides is 2. The Morgan fingerprint density at radius 1 is 0.388 bits per heavy atom. The number of carbonyl (C=O) groups excluding carboxylic acids is 9. The molecule has 0 bridgehead atoms. The number of esters is 2. The van der Waals surface area contributed by atoms with Crippen LogP contribution in [0.25, 0.3) is 115 Å². The highest BCUT2D eigenvalue weighted by atomic mass is 16.5. The van der Waals surface area contributed by atoms with Gasteiger partial charge in [-0.25, -0.2) is 14.4 Å². The molecule has 17 rings (SSSR count). The maximum atomic E-state index is 12.8. The first-order valence-corrected chi connectivity index (χ1v) is 44.0. The van der Waals surface area contributed by atoms with Gasteiger partial charge < -0.3 is 53.3 Å². The van der Waals surface area contributed by atoms with Gasteiger partial charge in [-0.1, -0.05) is 121 Å². The number of methoxy groups -OCH3 is 5. The molecule has 31 nitrogen and oxygen atoms in total. The Labute approximate surface area is 798 Å². The first-order chi connectivity index (χ1) is 67.1. The van der Waals surface area contributed by atoms with Gasteiger partial charge in [0.1, 0.15) is 51.2 Å². The second kappa shape index (κ2) is 45.8. The predicted molar refractivity (Wildman–Crippen MR) is 534 cm³/mol. The molecule has 1 fully saturated rings. The molecule has 0 aliphatic heterocycles. The molecule has 31 heteroatoms. The first kappa shape index (κ1) is 98.7. The zero-order valence-corrected chi connectivity index (χ0v) is 78.4. The van der Waals surface area contributed by atoms with Crippen LogP contribution in [0.4, 0.5) is 0 Å². The summed E-state index contributed by atoms with van der Waals surface area (Å²) in [6, 6.07) is 57.5. The van der Waals surface area contributed by atoms with E-state index in [-0.39, 0.29) is 77.8 Å². The standard InChI is InChI=1S/C24H21N3O4.C22H21N3O3.C22H22N2O4.C21H20N2O4.C19H16N2O4/c1-15(28)17-6-3-5-16(13-17)8-10-20-22-21(27-26-20)11-9-19(23(22)30-2)24(29)25-14-18-7-4-12-31-18;1-13(26)15-5-3-4-14(12-15)6-10-18-20-19(25-24-18)11-9-17(21(20)28-2)22(27)23-16-7-8-16;1-5-28-22(26)17-10-12-19-20(21(17)27-4)18(23-24(19)3)11-9-15-7-6-8-16(13-15)14(2)25;1-4-27-21(25)16-9-11-18-19(20(16)26-3)17(22-23-18)10-8-14-6-5-7-15(12-14)13(2)24;1-11(22)13-5-3-4-12(10-13)6-8-15-17-16(21-20-15)9-7-14(19(23)24)18(17)25-2/h3-13H,14H2,1-2H3,(H,25,29)(H,26,27);3-6,9-12,16H,7-8H2,1-2H3,(H,23,27)(H,24,25);6-13H,5H2,1-4H3;5-12H,4H2,1-3H3,(H,22,23);3-10H,1-2H3,(H,20,21)(H,23,24)/b10-8+;10-6+;11-9+;10-8+;8-6+. The Bertz CT molecular complexity index is 7520. The average Bonchev–Trinajstić information content (AvgIpc) is 1.67. The Morgan fingerprint density at radius 2 is 0.705 bits per heavy atom. The molecule has 0 unspecified atom stereocenters. The molecular weight excluding hydrogens is 1770 g/mol. The smallest absolute Gasteiger partial charge is 0.341 e. The number of ether oxygens (including phenoxy) is 7. The highest BCUT2D eigenvalue weighted by molar-refractivity contribution is 6.10. The van der Waals surface area contributed by atoms with Crippen molar-refractivity contribution in [2.24, 2.45) is 7.05 Å². The molecule has 6 heterocycles. The Balaban J connectivity index is 0.000000147. The summed E-state index contributed by atoms with van der Waals surface area (Å²) in [5.74, 6) is 0.396. The van der Waals surface area contributed by atoms with E-state index in [1.165, 1.54) is 62.2 Å². The average molecular weight is 1870 g/mol. The number of hydrogen-bond acceptors (Lipinski definition) is 23. The van der Waals surface area contributed by atoms with Gasteiger partial charge in [-0.05, 0) is 223 Å². The van der Waals surface area contributed by atoms with E-state index in [9.17, 15) is 53.1 Å². The van der Waals surface area contributed by atoms with Gasteiger partial charge in [0, 0.05) is 40.9 Å². The van der Waals surface area contributed by atoms with Crippen molar-refractivity contribution >= 4 is 174 Å². The van der Waals surface area contributed by atoms with Crippen LogP contribution in [0.3, 0.4) is 0 Å². The quantitative estimate of drug-likeness (QED) is 0.0162. The Kier molecular flexibility index (Phi) is 32.5. The van der Waals surface area contributed by atoms with E-state index in [2.05, 4.69) is 56.5 Å². The minimum Gasteiger partial charge on any atom is -0.495 e. The zero-order chi connectivity index (χ0) is 99.1. The maximum absolute atomic E-state index is 12.8. The Morgan fingerprint density at radius 3 is 1.03 bits per heavy atom. The fourth-order valence-electron chi connectivity index (χ4n) is 15.1. The van der Waals surface area contributed by atoms with Crippen molar-refractivity contribution in [3.05, 3.63) is 318 Å². The molecule has 2 amide bonds. The van der Waals surface area contributed by atoms with Crippen LogP contribution in [0.2, 0.25) is 0 Å². The molecule has 0 radical (unpaired) electrons. The lowest BCUT2D eigenvalue weighted by Crippen LogP contribution is -2.25. The molecule has 139 heavy (non-hydrogen) atoms. The number of nitrogens with zero attached hydrogens (tertiary/aromatic N) is 6. The summed E-state index contributed by atoms with van der Waals surface area (Å²) >= 11 is 0. The minimum atomic E-state index is -1.07. The van der Waals surface area contributed by atoms with Crippen LogP contribution < -0.4 is 34.3 Å². The van der Waals surface area contributed by atoms with Crippen molar-refractivity contribution in [1.29, 1.82) is 0 Å². The summed E-state index contributed by atoms with van der Waals surface area (Å²) in [5.41, 5.74) is 16.2. The number of nitrogens with one attached hydrogen (secondary N) is 6. The third kappa shape index (κ3) is 23.9. The van der Waals surface area contributed by atoms with Crippen LogP contribution in [0.1, 0.15) is 227 Å². The van der Waals surface area contributed by atoms with Gasteiger partial charge in [0.15, 0.2) is 28.9 Å². The summed E-state index contributed by atoms with van der Waals surface area (Å²) in [5, 5.41) is 52.1. The predicted octanol–water partition coefficient (Wildman–Crippen LogP) is 20.2. The monoisotopic (exact) mass is 1870 g/mol. The summed E-state index contributed by atoms with van der Waals surface area (Å²) in [6.07, 6.45) is 22.1. The SMILES string of the molecule is CCOC(=O)c1ccc2c(c(/C=C/c3cccc(C(C)=O)c3)nn2C)c1OC.CCOC(=O)c1ccc2n[nH]c(/C=C/c3cccc(C(C)=O)c3)c2c1OC.COc1c(C(=O)NC2CC2)ccc2n[nH]c(/C=C/c3cccc(C(C)=O)c3)c12.COc1c(C(=O)NCc2ccco2)ccc2n[nH]c(/C=C/c3cccc(C(C)=O)c3)c12.COc1c(C(=O)O)ccc2n[nH]c(/C=C/c3cccc(C(C)=O)c3)c12. The highest BCUT2D eigenvalue weighted by Crippen LogP contribution is 2.39. The van der Waals surface area contributed by atoms with Gasteiger partial charge in [-0.2, -0.15) is 25.5 Å². The summed E-state index contributed by atoms with van der Waals surface area (Å²) in [4.78, 5) is 119. The fourth-order valence-corrected chi connectivity index (χ4v) is 15.1. The van der Waals surface area contributed by atoms with E-state index < -0.39 is 17.9 Å². The fraction of sp³-hybridized carbons (Fsp3) is 0.176. The number of rotatable bonds is 30. The molecule has 0 atom stereocenters. The number of carbonyl (C=O) groups is 10. The number of aryl methyl sites for hydroxylation is 1. The lowest BCUT2D eigenvalue weighted by molar-refractivity contribution is 0.0513. The number of furan rings is 1. The summed E-state index contributed by atoms with van der Waals surface area (Å²) < 4.78 is 44.7. The summed E-state index contributed by atoms with van der Waals surface area (Å²) in [6.45, 7) is 12.0. The number of carboxylic acid groups (broad SMARTS) is 1. The molecule has 1 saturated carbocycles. The number of H-pyrrole nitrogens is 4. The number of benzene rings is 10. The minimum absolute atomic E-state index is 0.00462. The molecule has 1 aliphatic carbocycles. The topological polar surface area (TPSA) is 425 Å². The van der Waals surface area contributed by atoms with Gasteiger partial charge in [0.2, 0.25) is 0 Å². The van der Waals surface area contributed by atoms with E-state index in [1.54, 1.807) is 136 Å². The lowest BCUT2D eigenvalue weighted by atomic mass is 10.1. The van der Waals surface area contributed by atoms with Crippen molar-refractivity contribution in [3.8, 4) is 28.7 Å². The first-order valence-electron chi connectivity index (χ1n) is 44.0. The molecule has 7 N–H and O–H groups in total. The number of aromatic amines is 4. The molecule has 0 spiro atoms. The van der Waals surface area contributed by atoms with Crippen molar-refractivity contribution < 1.29 is 90.6 Å². The number of Topliss-reactive ketones (excluding diaryl/α,β-unsaturated/α-hetero) is 5. The Hall–Kier alpha value is -17.8. The summed E-state index contributed by atoms with van der Waals surface area (Å²) in [7, 11) is 9.37. The van der Waals surface area contributed by atoms with Crippen LogP contribution in [-0.2, 0) is 23.1 Å². The van der Waals surface area contributed by atoms with Gasteiger partial charge in [-0.15, -0.1) is 0 Å². The normalized spacial score (nSPS) is 11.7. The van der Waals surface area contributed by atoms with Crippen molar-refractivity contribution in [3.63, 3.8) is 0 Å². The van der Waals surface area contributed by atoms with Crippen molar-refractivity contribution in [2.75, 3.05) is 48.8 Å². The number of fused-ring (bicyclic) bond motifs is 5. The van der Waals surface area contributed by atoms with Gasteiger partial charge in [0.25, 0.3) is 11.8 Å². The third-order valence-electron chi connectivity index (χ3n) is 22.1. The van der Waals surface area contributed by atoms with E-state index >= 15 is 0 Å². The van der Waals surface area contributed by atoms with Crippen LogP contribution in [0.5, 0.6) is 28.7 Å². The zero-order valence-electron chi connectivity index (χ0n) is 78.4. The molecule has 16 aromatic rings. The molecule has 0 saturated heterocycles. The van der Waals surface area contributed by atoms with Crippen LogP contribution in [-0.4, -0.2) is 169 Å². The van der Waals surface area contributed by atoms with E-state index in [0.29, 0.717) is 134 Å². The van der Waals surface area contributed by atoms with E-state index in [0.717, 1.165) is 68.2 Å².